The molecule has 2 aromatic carbocycles. The highest BCUT2D eigenvalue weighted by molar-refractivity contribution is 6.38. The zero-order valence-corrected chi connectivity index (χ0v) is 23.1. The number of carboxylic acids is 1. The van der Waals surface area contributed by atoms with E-state index in [9.17, 15) is 19.5 Å². The van der Waals surface area contributed by atoms with Crippen LogP contribution in [0.2, 0.25) is 20.1 Å². The second-order valence-electron chi connectivity index (χ2n) is 10.5. The van der Waals surface area contributed by atoms with Crippen LogP contribution in [0.25, 0.3) is 0 Å². The highest BCUT2D eigenvalue weighted by atomic mass is 35.5. The summed E-state index contributed by atoms with van der Waals surface area (Å²) in [6.07, 6.45) is 1.30. The Morgan fingerprint density at radius 1 is 1.03 bits per heavy atom. The van der Waals surface area contributed by atoms with Crippen LogP contribution >= 0.6 is 46.4 Å². The lowest BCUT2D eigenvalue weighted by Crippen LogP contribution is -2.55. The van der Waals surface area contributed by atoms with Crippen molar-refractivity contribution >= 4 is 75.6 Å². The number of carboxylic acid groups (broad SMARTS) is 1. The van der Waals surface area contributed by atoms with Crippen molar-refractivity contribution in [3.05, 3.63) is 56.0 Å². The SMILES string of the molecule is O=C(O)[C@H]1[C@@H](C(=O)N(c2cc(Cl)cc(Cl)c2)C2CCC2)[C@H]2CC(F)(F)CN2[C@]12C(=O)Nc1c(Cl)cc(Cl)cc12. The normalized spacial score (nSPS) is 29.2. The number of alkyl halides is 2. The minimum Gasteiger partial charge on any atom is -0.481 e. The standard InChI is InChI=1S/C26H21Cl4F2N3O4/c27-11-4-12(28)6-15(5-11)35(14-2-1-3-14)22(36)19-18-9-25(31,32)10-34(18)26(20(19)23(37)38)16-7-13(29)8-17(30)21(16)33-24(26)39/h4-8,14,18-20H,1-3,9-10H2,(H,33,39)(H,37,38)/t18-,19+,20-,26+/m1/s1. The molecule has 2 amide bonds. The number of hydrogen-bond acceptors (Lipinski definition) is 4. The molecule has 0 radical (unpaired) electrons. The molecule has 1 spiro atoms. The first kappa shape index (κ1) is 27.0. The second kappa shape index (κ2) is 9.17. The quantitative estimate of drug-likeness (QED) is 0.434. The molecule has 1 saturated carbocycles. The lowest BCUT2D eigenvalue weighted by Gasteiger charge is -2.40. The van der Waals surface area contributed by atoms with Crippen molar-refractivity contribution in [2.24, 2.45) is 11.8 Å². The topological polar surface area (TPSA) is 90.0 Å². The molecule has 3 fully saturated rings. The average Bonchev–Trinajstić information content (AvgIpc) is 3.36. The van der Waals surface area contributed by atoms with E-state index in [0.29, 0.717) is 18.5 Å². The average molecular weight is 619 g/mol. The maximum Gasteiger partial charge on any atom is 0.310 e. The largest absolute Gasteiger partial charge is 0.481 e. The van der Waals surface area contributed by atoms with Crippen LogP contribution in [0.3, 0.4) is 0 Å². The first-order valence-electron chi connectivity index (χ1n) is 12.3. The van der Waals surface area contributed by atoms with Gasteiger partial charge in [0.1, 0.15) is 11.5 Å². The van der Waals surface area contributed by atoms with Gasteiger partial charge in [-0.1, -0.05) is 46.4 Å². The lowest BCUT2D eigenvalue weighted by atomic mass is 9.73. The molecule has 39 heavy (non-hydrogen) atoms. The molecule has 4 aliphatic rings. The molecule has 13 heteroatoms. The first-order chi connectivity index (χ1) is 18.3. The first-order valence-corrected chi connectivity index (χ1v) is 13.8. The van der Waals surface area contributed by atoms with E-state index in [2.05, 4.69) is 5.32 Å². The number of benzene rings is 2. The summed E-state index contributed by atoms with van der Waals surface area (Å²) >= 11 is 25.1. The Balaban J connectivity index is 1.56. The highest BCUT2D eigenvalue weighted by Crippen LogP contribution is 2.61. The van der Waals surface area contributed by atoms with Gasteiger partial charge in [-0.2, -0.15) is 0 Å². The fourth-order valence-corrected chi connectivity index (χ4v) is 7.84. The number of aliphatic carboxylic acids is 1. The number of amides is 2. The van der Waals surface area contributed by atoms with E-state index >= 15 is 8.78 Å². The van der Waals surface area contributed by atoms with E-state index < -0.39 is 60.1 Å². The third-order valence-corrected chi connectivity index (χ3v) is 9.34. The van der Waals surface area contributed by atoms with Gasteiger partial charge in [-0.05, 0) is 49.6 Å². The van der Waals surface area contributed by atoms with Gasteiger partial charge in [0, 0.05) is 44.8 Å². The molecule has 0 bridgehead atoms. The number of fused-ring (bicyclic) bond motifs is 4. The zero-order valence-electron chi connectivity index (χ0n) is 20.1. The fourth-order valence-electron chi connectivity index (χ4n) is 6.78. The lowest BCUT2D eigenvalue weighted by molar-refractivity contribution is -0.153. The van der Waals surface area contributed by atoms with Gasteiger partial charge in [0.15, 0.2) is 0 Å². The Bertz CT molecular complexity index is 1420. The minimum atomic E-state index is -3.27. The Morgan fingerprint density at radius 2 is 1.67 bits per heavy atom. The zero-order chi connectivity index (χ0) is 28.0. The number of nitrogens with one attached hydrogen (secondary N) is 1. The summed E-state index contributed by atoms with van der Waals surface area (Å²) in [4.78, 5) is 43.9. The molecular formula is C26H21Cl4F2N3O4. The van der Waals surface area contributed by atoms with Crippen molar-refractivity contribution in [3.8, 4) is 0 Å². The van der Waals surface area contributed by atoms with Crippen molar-refractivity contribution in [1.29, 1.82) is 0 Å². The molecule has 7 nitrogen and oxygen atoms in total. The van der Waals surface area contributed by atoms with Crippen LogP contribution in [-0.4, -0.2) is 52.3 Å². The Kier molecular flexibility index (Phi) is 6.36. The van der Waals surface area contributed by atoms with Gasteiger partial charge >= 0.3 is 5.97 Å². The number of hydrogen-bond donors (Lipinski definition) is 2. The number of anilines is 2. The number of carbonyl (C=O) groups excluding carboxylic acids is 2. The molecule has 2 aromatic rings. The van der Waals surface area contributed by atoms with Gasteiger partial charge < -0.3 is 15.3 Å². The van der Waals surface area contributed by atoms with Gasteiger partial charge in [0.05, 0.1) is 23.2 Å². The van der Waals surface area contributed by atoms with E-state index in [1.165, 1.54) is 40.1 Å². The van der Waals surface area contributed by atoms with Gasteiger partial charge in [-0.25, -0.2) is 8.78 Å². The predicted octanol–water partition coefficient (Wildman–Crippen LogP) is 6.07. The summed E-state index contributed by atoms with van der Waals surface area (Å²) in [5, 5.41) is 13.8. The molecular weight excluding hydrogens is 598 g/mol. The van der Waals surface area contributed by atoms with Crippen LogP contribution in [0.5, 0.6) is 0 Å². The molecule has 1 aliphatic carbocycles. The van der Waals surface area contributed by atoms with Crippen LogP contribution in [0.4, 0.5) is 20.2 Å². The van der Waals surface area contributed by atoms with Gasteiger partial charge in [-0.3, -0.25) is 19.3 Å². The predicted molar refractivity (Wildman–Crippen MR) is 143 cm³/mol. The molecule has 0 unspecified atom stereocenters. The van der Waals surface area contributed by atoms with E-state index in [4.69, 9.17) is 46.4 Å². The summed E-state index contributed by atoms with van der Waals surface area (Å²) in [6.45, 7) is -0.908. The summed E-state index contributed by atoms with van der Waals surface area (Å²) in [6, 6.07) is 5.73. The molecule has 4 atom stereocenters. The molecule has 2 N–H and O–H groups in total. The van der Waals surface area contributed by atoms with E-state index in [-0.39, 0.29) is 37.4 Å². The van der Waals surface area contributed by atoms with Crippen molar-refractivity contribution in [2.75, 3.05) is 16.8 Å². The van der Waals surface area contributed by atoms with Crippen molar-refractivity contribution < 1.29 is 28.3 Å². The summed E-state index contributed by atoms with van der Waals surface area (Å²) in [5.41, 5.74) is -1.63. The maximum atomic E-state index is 15.1. The van der Waals surface area contributed by atoms with Crippen LogP contribution < -0.4 is 10.2 Å². The molecule has 3 heterocycles. The van der Waals surface area contributed by atoms with Crippen LogP contribution in [0.1, 0.15) is 31.2 Å². The van der Waals surface area contributed by atoms with Crippen LogP contribution in [0, 0.1) is 11.8 Å². The fraction of sp³-hybridized carbons (Fsp3) is 0.423. The molecule has 0 aromatic heterocycles. The number of carbonyl (C=O) groups is 3. The summed E-state index contributed by atoms with van der Waals surface area (Å²) in [7, 11) is 0. The van der Waals surface area contributed by atoms with E-state index in [1.54, 1.807) is 0 Å². The van der Waals surface area contributed by atoms with E-state index in [0.717, 1.165) is 6.42 Å². The monoisotopic (exact) mass is 617 g/mol. The maximum absolute atomic E-state index is 15.1. The van der Waals surface area contributed by atoms with Crippen LogP contribution in [-0.2, 0) is 19.9 Å². The third-order valence-electron chi connectivity index (χ3n) is 8.39. The van der Waals surface area contributed by atoms with Gasteiger partial charge in [0.2, 0.25) is 5.91 Å². The van der Waals surface area contributed by atoms with E-state index in [1.807, 2.05) is 0 Å². The Morgan fingerprint density at radius 3 is 2.26 bits per heavy atom. The number of rotatable bonds is 4. The van der Waals surface area contributed by atoms with Crippen LogP contribution in [0.15, 0.2) is 30.3 Å². The summed E-state index contributed by atoms with van der Waals surface area (Å²) < 4.78 is 30.1. The van der Waals surface area contributed by atoms with Crippen molar-refractivity contribution in [3.63, 3.8) is 0 Å². The minimum absolute atomic E-state index is 0.0359. The summed E-state index contributed by atoms with van der Waals surface area (Å²) in [5.74, 6) is -9.46. The smallest absolute Gasteiger partial charge is 0.310 e. The van der Waals surface area contributed by atoms with Crippen molar-refractivity contribution in [1.82, 2.24) is 4.90 Å². The number of halogens is 6. The molecule has 206 valence electrons. The third kappa shape index (κ3) is 3.95. The second-order valence-corrected chi connectivity index (χ2v) is 12.3. The van der Waals surface area contributed by atoms with Crippen molar-refractivity contribution in [2.45, 2.75) is 49.2 Å². The molecule has 6 rings (SSSR count). The van der Waals surface area contributed by atoms with Gasteiger partial charge in [-0.15, -0.1) is 0 Å². The molecule has 3 aliphatic heterocycles. The Hall–Kier alpha value is -2.17. The highest BCUT2D eigenvalue weighted by Gasteiger charge is 2.75. The molecule has 2 saturated heterocycles. The Labute approximate surface area is 241 Å². The van der Waals surface area contributed by atoms with Gasteiger partial charge in [0.25, 0.3) is 11.8 Å². The number of nitrogens with zero attached hydrogens (tertiary/aromatic N) is 2.